The molecule has 1 aromatic heterocycles. The van der Waals surface area contributed by atoms with Crippen LogP contribution in [0.2, 0.25) is 0 Å². The fraction of sp³-hybridized carbons (Fsp3) is 0.389. The zero-order valence-corrected chi connectivity index (χ0v) is 14.7. The maximum absolute atomic E-state index is 14.2. The first-order valence-electron chi connectivity index (χ1n) is 8.03. The van der Waals surface area contributed by atoms with Crippen LogP contribution in [0.3, 0.4) is 0 Å². The Kier molecular flexibility index (Phi) is 4.91. The van der Waals surface area contributed by atoms with Gasteiger partial charge in [0.05, 0.1) is 5.69 Å². The molecule has 2 aromatic rings. The molecule has 1 saturated heterocycles. The van der Waals surface area contributed by atoms with Gasteiger partial charge in [-0.25, -0.2) is 15.2 Å². The lowest BCUT2D eigenvalue weighted by atomic mass is 10.1. The van der Waals surface area contributed by atoms with Crippen molar-refractivity contribution < 1.29 is 8.78 Å². The largest absolute Gasteiger partial charge is 0.341 e. The molecule has 0 bridgehead atoms. The molecule has 0 spiro atoms. The molecule has 1 aliphatic heterocycles. The van der Waals surface area contributed by atoms with Crippen molar-refractivity contribution in [2.45, 2.75) is 30.1 Å². The third-order valence-electron chi connectivity index (χ3n) is 4.51. The van der Waals surface area contributed by atoms with Gasteiger partial charge >= 0.3 is 0 Å². The van der Waals surface area contributed by atoms with Crippen LogP contribution in [0.5, 0.6) is 0 Å². The van der Waals surface area contributed by atoms with Crippen LogP contribution >= 0.6 is 11.8 Å². The number of halogens is 2. The molecule has 2 heterocycles. The van der Waals surface area contributed by atoms with E-state index in [4.69, 9.17) is 5.26 Å². The monoisotopic (exact) mass is 360 g/mol. The minimum absolute atomic E-state index is 0.0704. The maximum Gasteiger partial charge on any atom is 0.290 e. The van der Waals surface area contributed by atoms with Gasteiger partial charge in [0.15, 0.2) is 0 Å². The van der Waals surface area contributed by atoms with Crippen molar-refractivity contribution in [3.63, 3.8) is 0 Å². The second-order valence-corrected chi connectivity index (χ2v) is 6.86. The van der Waals surface area contributed by atoms with Gasteiger partial charge in [0, 0.05) is 42.1 Å². The van der Waals surface area contributed by atoms with Gasteiger partial charge in [-0.05, 0) is 31.2 Å². The highest BCUT2D eigenvalue weighted by Gasteiger charge is 2.43. The van der Waals surface area contributed by atoms with Crippen LogP contribution in [-0.4, -0.2) is 29.3 Å². The molecule has 7 heteroatoms. The van der Waals surface area contributed by atoms with Gasteiger partial charge in [-0.1, -0.05) is 12.1 Å². The fourth-order valence-electron chi connectivity index (χ4n) is 3.08. The Morgan fingerprint density at radius 2 is 2.00 bits per heavy atom. The van der Waals surface area contributed by atoms with E-state index in [0.29, 0.717) is 23.6 Å². The number of hydrogen-bond donors (Lipinski definition) is 0. The van der Waals surface area contributed by atoms with E-state index in [1.807, 2.05) is 35.4 Å². The van der Waals surface area contributed by atoms with Gasteiger partial charge in [0.2, 0.25) is 5.95 Å². The number of nitriles is 1. The van der Waals surface area contributed by atoms with Crippen molar-refractivity contribution in [2.24, 2.45) is 0 Å². The molecule has 0 unspecified atom stereocenters. The second kappa shape index (κ2) is 6.96. The van der Waals surface area contributed by atoms with Crippen LogP contribution in [0.15, 0.2) is 29.2 Å². The molecule has 25 heavy (non-hydrogen) atoms. The summed E-state index contributed by atoms with van der Waals surface area (Å²) < 4.78 is 28.5. The van der Waals surface area contributed by atoms with E-state index in [1.54, 1.807) is 11.8 Å². The summed E-state index contributed by atoms with van der Waals surface area (Å²) in [6, 6.07) is 7.93. The summed E-state index contributed by atoms with van der Waals surface area (Å²) in [5.41, 5.74) is 2.11. The quantitative estimate of drug-likeness (QED) is 0.766. The minimum atomic E-state index is -2.84. The SMILES string of the molecule is C#N.CSc1cccc(-c2nc(N3CCC3)nc3c2CCC3(F)F)c1. The van der Waals surface area contributed by atoms with E-state index in [0.717, 1.165) is 30.0 Å². The average Bonchev–Trinajstić information content (AvgIpc) is 2.90. The summed E-state index contributed by atoms with van der Waals surface area (Å²) in [6.07, 6.45) is 3.23. The Bertz CT molecular complexity index is 803. The van der Waals surface area contributed by atoms with Crippen LogP contribution in [0.25, 0.3) is 11.3 Å². The number of aromatic nitrogens is 2. The Hall–Kier alpha value is -2.20. The highest BCUT2D eigenvalue weighted by Crippen LogP contribution is 2.44. The lowest BCUT2D eigenvalue weighted by Gasteiger charge is -2.31. The summed E-state index contributed by atoms with van der Waals surface area (Å²) in [4.78, 5) is 11.9. The molecule has 0 N–H and O–H groups in total. The van der Waals surface area contributed by atoms with Gasteiger partial charge < -0.3 is 4.90 Å². The van der Waals surface area contributed by atoms with E-state index in [2.05, 4.69) is 16.5 Å². The average molecular weight is 360 g/mol. The summed E-state index contributed by atoms with van der Waals surface area (Å²) >= 11 is 1.63. The summed E-state index contributed by atoms with van der Waals surface area (Å²) in [5, 5.41) is 6.50. The van der Waals surface area contributed by atoms with Crippen molar-refractivity contribution in [2.75, 3.05) is 24.2 Å². The topological polar surface area (TPSA) is 52.8 Å². The van der Waals surface area contributed by atoms with Crippen LogP contribution in [0, 0.1) is 11.8 Å². The standard InChI is InChI=1S/C17H17F2N3S.CHN/c1-23-12-5-2-4-11(10-12)14-13-6-7-17(18,19)15(13)21-16(20-14)22-8-3-9-22;1-2/h2,4-5,10H,3,6-9H2,1H3;1H. The lowest BCUT2D eigenvalue weighted by molar-refractivity contribution is -0.00593. The van der Waals surface area contributed by atoms with Crippen LogP contribution < -0.4 is 4.90 Å². The molecule has 0 saturated carbocycles. The Labute approximate surface area is 149 Å². The van der Waals surface area contributed by atoms with Crippen molar-refractivity contribution in [1.29, 1.82) is 5.26 Å². The van der Waals surface area contributed by atoms with Crippen molar-refractivity contribution in [3.8, 4) is 17.8 Å². The normalized spacial score (nSPS) is 17.2. The highest BCUT2D eigenvalue weighted by molar-refractivity contribution is 7.98. The van der Waals surface area contributed by atoms with E-state index in [-0.39, 0.29) is 12.1 Å². The zero-order chi connectivity index (χ0) is 18.0. The highest BCUT2D eigenvalue weighted by atomic mass is 32.2. The molecule has 1 aromatic carbocycles. The minimum Gasteiger partial charge on any atom is -0.341 e. The first-order valence-corrected chi connectivity index (χ1v) is 9.25. The van der Waals surface area contributed by atoms with Gasteiger partial charge in [-0.2, -0.15) is 8.78 Å². The Balaban J connectivity index is 0.000000880. The molecule has 0 amide bonds. The van der Waals surface area contributed by atoms with E-state index < -0.39 is 5.92 Å². The predicted octanol–water partition coefficient (Wildman–Crippen LogP) is 4.25. The number of anilines is 1. The molecule has 0 atom stereocenters. The number of rotatable bonds is 3. The number of nitrogens with zero attached hydrogens (tertiary/aromatic N) is 4. The number of thioether (sulfide) groups is 1. The summed E-state index contributed by atoms with van der Waals surface area (Å²) in [7, 11) is 0. The smallest absolute Gasteiger partial charge is 0.290 e. The molecule has 0 radical (unpaired) electrons. The van der Waals surface area contributed by atoms with Crippen LogP contribution in [0.4, 0.5) is 14.7 Å². The van der Waals surface area contributed by atoms with Crippen LogP contribution in [-0.2, 0) is 12.3 Å². The first-order chi connectivity index (χ1) is 12.1. The number of benzene rings is 1. The zero-order valence-electron chi connectivity index (χ0n) is 13.9. The van der Waals surface area contributed by atoms with Crippen molar-refractivity contribution in [1.82, 2.24) is 9.97 Å². The number of fused-ring (bicyclic) bond motifs is 1. The first kappa shape index (κ1) is 17.6. The third-order valence-corrected chi connectivity index (χ3v) is 5.24. The van der Waals surface area contributed by atoms with E-state index in [9.17, 15) is 8.78 Å². The number of hydrogen-bond acceptors (Lipinski definition) is 5. The van der Waals surface area contributed by atoms with E-state index >= 15 is 0 Å². The van der Waals surface area contributed by atoms with Gasteiger partial charge in [0.25, 0.3) is 5.92 Å². The molecule has 130 valence electrons. The fourth-order valence-corrected chi connectivity index (χ4v) is 3.54. The summed E-state index contributed by atoms with van der Waals surface area (Å²) in [5.74, 6) is -2.40. The molecular formula is C18H18F2N4S. The predicted molar refractivity (Wildman–Crippen MR) is 95.0 cm³/mol. The molecule has 2 aliphatic rings. The van der Waals surface area contributed by atoms with E-state index in [1.165, 1.54) is 0 Å². The third kappa shape index (κ3) is 3.19. The summed E-state index contributed by atoms with van der Waals surface area (Å²) in [6.45, 7) is 5.18. The molecule has 4 rings (SSSR count). The lowest BCUT2D eigenvalue weighted by Crippen LogP contribution is -2.38. The van der Waals surface area contributed by atoms with Crippen LogP contribution in [0.1, 0.15) is 24.1 Å². The Morgan fingerprint density at radius 1 is 1.24 bits per heavy atom. The Morgan fingerprint density at radius 3 is 2.64 bits per heavy atom. The number of alkyl halides is 2. The van der Waals surface area contributed by atoms with Crippen molar-refractivity contribution in [3.05, 3.63) is 35.5 Å². The van der Waals surface area contributed by atoms with Crippen molar-refractivity contribution >= 4 is 17.7 Å². The van der Waals surface area contributed by atoms with Gasteiger partial charge in [-0.15, -0.1) is 11.8 Å². The van der Waals surface area contributed by atoms with Gasteiger partial charge in [0.1, 0.15) is 5.69 Å². The molecule has 4 nitrogen and oxygen atoms in total. The van der Waals surface area contributed by atoms with Gasteiger partial charge in [-0.3, -0.25) is 0 Å². The maximum atomic E-state index is 14.2. The molecular weight excluding hydrogens is 342 g/mol. The second-order valence-electron chi connectivity index (χ2n) is 5.98. The molecule has 1 aliphatic carbocycles. The molecule has 1 fully saturated rings.